The van der Waals surface area contributed by atoms with Gasteiger partial charge in [-0.2, -0.15) is 10.4 Å². The molecule has 0 aliphatic rings. The van der Waals surface area contributed by atoms with Crippen molar-refractivity contribution in [2.75, 3.05) is 12.1 Å². The standard InChI is InChI=1S/C19H20Cl2N6O4/c1-11(2)12(3)25-17(8-23-9-28)31-18-14(20)5-13(6-15(18)21)27(4)26-16(7-22)19(30)24-10-29/h5-6,8-11H,1-4H3,(H,23,28)(H,24,29,30)/b17-8+,25-12+,26-16-. The van der Waals surface area contributed by atoms with Crippen LogP contribution in [-0.4, -0.2) is 37.2 Å². The summed E-state index contributed by atoms with van der Waals surface area (Å²) in [5.41, 5.74) is 0.521. The number of benzene rings is 1. The lowest BCUT2D eigenvalue weighted by Crippen LogP contribution is -2.30. The van der Waals surface area contributed by atoms with Crippen LogP contribution < -0.4 is 20.4 Å². The number of aliphatic imine (C=N–C) groups is 1. The van der Waals surface area contributed by atoms with E-state index in [-0.39, 0.29) is 34.0 Å². The molecule has 0 aliphatic carbocycles. The van der Waals surface area contributed by atoms with Crippen LogP contribution in [0.5, 0.6) is 5.75 Å². The molecule has 1 rings (SSSR count). The second-order valence-corrected chi connectivity index (χ2v) is 7.01. The number of ether oxygens (including phenoxy) is 1. The molecule has 1 aromatic carbocycles. The number of amides is 3. The van der Waals surface area contributed by atoms with Crippen molar-refractivity contribution in [2.24, 2.45) is 16.0 Å². The molecule has 0 heterocycles. The van der Waals surface area contributed by atoms with Crippen molar-refractivity contribution in [3.05, 3.63) is 34.3 Å². The van der Waals surface area contributed by atoms with Crippen molar-refractivity contribution in [3.8, 4) is 11.8 Å². The summed E-state index contributed by atoms with van der Waals surface area (Å²) in [6.45, 7) is 5.69. The van der Waals surface area contributed by atoms with Crippen LogP contribution in [0.25, 0.3) is 0 Å². The highest BCUT2D eigenvalue weighted by atomic mass is 35.5. The monoisotopic (exact) mass is 466 g/mol. The fourth-order valence-corrected chi connectivity index (χ4v) is 2.43. The van der Waals surface area contributed by atoms with E-state index < -0.39 is 11.6 Å². The van der Waals surface area contributed by atoms with E-state index in [0.717, 1.165) is 5.71 Å². The zero-order valence-electron chi connectivity index (χ0n) is 17.1. The van der Waals surface area contributed by atoms with E-state index >= 15 is 0 Å². The second-order valence-electron chi connectivity index (χ2n) is 6.19. The van der Waals surface area contributed by atoms with Gasteiger partial charge >= 0.3 is 0 Å². The Labute approximate surface area is 189 Å². The number of anilines is 1. The van der Waals surface area contributed by atoms with Crippen molar-refractivity contribution in [1.82, 2.24) is 10.6 Å². The van der Waals surface area contributed by atoms with Crippen LogP contribution in [0.1, 0.15) is 20.8 Å². The topological polar surface area (TPSA) is 136 Å². The number of carbonyl (C=O) groups is 3. The zero-order valence-corrected chi connectivity index (χ0v) is 18.7. The summed E-state index contributed by atoms with van der Waals surface area (Å²) in [4.78, 5) is 37.0. The molecule has 0 aliphatic heterocycles. The molecule has 164 valence electrons. The third-order valence-corrected chi connectivity index (χ3v) is 4.28. The Morgan fingerprint density at radius 1 is 1.26 bits per heavy atom. The number of rotatable bonds is 10. The summed E-state index contributed by atoms with van der Waals surface area (Å²) in [7, 11) is 1.45. The molecule has 0 saturated heterocycles. The predicted molar refractivity (Wildman–Crippen MR) is 118 cm³/mol. The molecule has 12 heteroatoms. The third kappa shape index (κ3) is 7.73. The first-order chi connectivity index (χ1) is 14.6. The lowest BCUT2D eigenvalue weighted by Gasteiger charge is -2.17. The average molecular weight is 467 g/mol. The van der Waals surface area contributed by atoms with Crippen molar-refractivity contribution in [1.29, 1.82) is 5.26 Å². The normalized spacial score (nSPS) is 12.1. The molecule has 0 radical (unpaired) electrons. The number of nitrogens with one attached hydrogen (secondary N) is 2. The Bertz CT molecular complexity index is 959. The van der Waals surface area contributed by atoms with E-state index in [1.807, 2.05) is 19.2 Å². The molecule has 0 saturated carbocycles. The van der Waals surface area contributed by atoms with E-state index in [2.05, 4.69) is 15.4 Å². The Balaban J connectivity index is 3.28. The number of halogens is 2. The first kappa shape index (κ1) is 25.6. The molecule has 0 aromatic heterocycles. The summed E-state index contributed by atoms with van der Waals surface area (Å²) in [6, 6.07) is 4.46. The maximum Gasteiger partial charge on any atom is 0.288 e. The van der Waals surface area contributed by atoms with E-state index in [1.54, 1.807) is 13.0 Å². The molecule has 1 aromatic rings. The van der Waals surface area contributed by atoms with Crippen molar-refractivity contribution < 1.29 is 19.1 Å². The van der Waals surface area contributed by atoms with Crippen molar-refractivity contribution in [3.63, 3.8) is 0 Å². The Kier molecular flexibility index (Phi) is 10.2. The molecule has 10 nitrogen and oxygen atoms in total. The number of carbonyl (C=O) groups excluding carboxylic acids is 3. The molecule has 2 N–H and O–H groups in total. The van der Waals surface area contributed by atoms with Gasteiger partial charge in [-0.15, -0.1) is 0 Å². The summed E-state index contributed by atoms with van der Waals surface area (Å²) in [6.07, 6.45) is 1.85. The van der Waals surface area contributed by atoms with Gasteiger partial charge in [-0.25, -0.2) is 4.99 Å². The van der Waals surface area contributed by atoms with Gasteiger partial charge in [0.25, 0.3) is 5.91 Å². The van der Waals surface area contributed by atoms with Gasteiger partial charge in [-0.1, -0.05) is 37.0 Å². The number of hydrazone groups is 1. The highest BCUT2D eigenvalue weighted by molar-refractivity contribution is 6.46. The van der Waals surface area contributed by atoms with Crippen LogP contribution in [0, 0.1) is 17.2 Å². The number of hydrogen-bond acceptors (Lipinski definition) is 8. The molecule has 31 heavy (non-hydrogen) atoms. The summed E-state index contributed by atoms with van der Waals surface area (Å²) in [5.74, 6) is -0.701. The average Bonchev–Trinajstić information content (AvgIpc) is 2.71. The third-order valence-electron chi connectivity index (χ3n) is 3.72. The fourth-order valence-electron chi connectivity index (χ4n) is 1.88. The van der Waals surface area contributed by atoms with Gasteiger partial charge in [0.2, 0.25) is 24.4 Å². The van der Waals surface area contributed by atoms with E-state index in [1.165, 1.54) is 30.4 Å². The number of nitriles is 1. The lowest BCUT2D eigenvalue weighted by atomic mass is 10.1. The van der Waals surface area contributed by atoms with Crippen molar-refractivity contribution in [2.45, 2.75) is 20.8 Å². The smallest absolute Gasteiger partial charge is 0.288 e. The summed E-state index contributed by atoms with van der Waals surface area (Å²) >= 11 is 12.6. The molecule has 0 bridgehead atoms. The largest absolute Gasteiger partial charge is 0.434 e. The van der Waals surface area contributed by atoms with Gasteiger partial charge in [0.1, 0.15) is 6.07 Å². The highest BCUT2D eigenvalue weighted by Gasteiger charge is 2.16. The fraction of sp³-hybridized carbons (Fsp3) is 0.263. The number of nitrogens with zero attached hydrogens (tertiary/aromatic N) is 4. The zero-order chi connectivity index (χ0) is 23.6. The maximum absolute atomic E-state index is 11.6. The molecule has 3 amide bonds. The van der Waals surface area contributed by atoms with Crippen LogP contribution in [0.2, 0.25) is 10.0 Å². The van der Waals surface area contributed by atoms with Gasteiger partial charge in [0, 0.05) is 12.8 Å². The van der Waals surface area contributed by atoms with Crippen molar-refractivity contribution >= 4 is 59.0 Å². The minimum atomic E-state index is -0.961. The van der Waals surface area contributed by atoms with Gasteiger partial charge in [0.05, 0.1) is 21.9 Å². The van der Waals surface area contributed by atoms with E-state index in [4.69, 9.17) is 33.2 Å². The SMILES string of the molecule is C/C(=N\C(=C/NC=O)Oc1c(Cl)cc(N(C)/N=C(/C#N)C(=O)NC=O)cc1Cl)C(C)C. The van der Waals surface area contributed by atoms with E-state index in [0.29, 0.717) is 12.1 Å². The van der Waals surface area contributed by atoms with Crippen LogP contribution in [0.4, 0.5) is 5.69 Å². The Morgan fingerprint density at radius 3 is 2.35 bits per heavy atom. The Morgan fingerprint density at radius 2 is 1.87 bits per heavy atom. The molecule has 0 atom stereocenters. The maximum atomic E-state index is 11.6. The minimum absolute atomic E-state index is 0.0542. The second kappa shape index (κ2) is 12.3. The summed E-state index contributed by atoms with van der Waals surface area (Å²) < 4.78 is 5.68. The predicted octanol–water partition coefficient (Wildman–Crippen LogP) is 2.62. The molecule has 0 spiro atoms. The minimum Gasteiger partial charge on any atom is -0.434 e. The molecule has 0 unspecified atom stereocenters. The van der Waals surface area contributed by atoms with Gasteiger partial charge < -0.3 is 10.1 Å². The highest BCUT2D eigenvalue weighted by Crippen LogP contribution is 2.38. The van der Waals surface area contributed by atoms with Crippen LogP contribution >= 0.6 is 23.2 Å². The van der Waals surface area contributed by atoms with Crippen LogP contribution in [-0.2, 0) is 14.4 Å². The first-order valence-corrected chi connectivity index (χ1v) is 9.49. The van der Waals surface area contributed by atoms with Crippen LogP contribution in [0.15, 0.2) is 34.3 Å². The molecular weight excluding hydrogens is 447 g/mol. The van der Waals surface area contributed by atoms with Gasteiger partial charge in [-0.3, -0.25) is 24.7 Å². The van der Waals surface area contributed by atoms with Gasteiger partial charge in [0.15, 0.2) is 5.75 Å². The Hall–Kier alpha value is -3.42. The van der Waals surface area contributed by atoms with E-state index in [9.17, 15) is 14.4 Å². The lowest BCUT2D eigenvalue weighted by molar-refractivity contribution is -0.120. The quantitative estimate of drug-likeness (QED) is 0.235. The number of imide groups is 1. The molecule has 0 fully saturated rings. The van der Waals surface area contributed by atoms with Crippen LogP contribution in [0.3, 0.4) is 0 Å². The first-order valence-electron chi connectivity index (χ1n) is 8.73. The number of hydrogen-bond donors (Lipinski definition) is 2. The summed E-state index contributed by atoms with van der Waals surface area (Å²) in [5, 5.41) is 18.4. The van der Waals surface area contributed by atoms with Gasteiger partial charge in [-0.05, 0) is 25.0 Å². The molecular formula is C19H20Cl2N6O4.